The molecule has 0 N–H and O–H groups in total. The van der Waals surface area contributed by atoms with E-state index >= 15 is 0 Å². The second-order valence-corrected chi connectivity index (χ2v) is 3.77. The number of fused-ring (bicyclic) bond motifs is 1. The molecule has 0 amide bonds. The van der Waals surface area contributed by atoms with Crippen molar-refractivity contribution in [3.05, 3.63) is 45.2 Å². The first-order chi connectivity index (χ1) is 6.61. The molecule has 0 fully saturated rings. The van der Waals surface area contributed by atoms with Gasteiger partial charge < -0.3 is 4.57 Å². The molecule has 2 rings (SSSR count). The smallest absolute Gasteiger partial charge is 0.252 e. The second-order valence-electron chi connectivity index (χ2n) is 3.36. The molecular formula is C11H10ClNO. The summed E-state index contributed by atoms with van der Waals surface area (Å²) in [5.41, 5.74) is 1.89. The Balaban J connectivity index is 3.10. The van der Waals surface area contributed by atoms with Gasteiger partial charge in [-0.2, -0.15) is 0 Å². The number of nitrogens with zero attached hydrogens (tertiary/aromatic N) is 1. The lowest BCUT2D eigenvalue weighted by Crippen LogP contribution is -2.15. The quantitative estimate of drug-likeness (QED) is 0.651. The van der Waals surface area contributed by atoms with Gasteiger partial charge in [0.05, 0.1) is 10.5 Å². The minimum atomic E-state index is -0.0758. The Kier molecular flexibility index (Phi) is 2.08. The van der Waals surface area contributed by atoms with Crippen LogP contribution >= 0.6 is 11.6 Å². The Morgan fingerprint density at radius 1 is 1.36 bits per heavy atom. The average molecular weight is 208 g/mol. The molecule has 0 aliphatic carbocycles. The molecule has 0 aliphatic heterocycles. The van der Waals surface area contributed by atoms with Crippen LogP contribution in [0.2, 0.25) is 5.02 Å². The number of hydrogen-bond donors (Lipinski definition) is 0. The van der Waals surface area contributed by atoms with E-state index < -0.39 is 0 Å². The van der Waals surface area contributed by atoms with Gasteiger partial charge in [0.1, 0.15) is 0 Å². The van der Waals surface area contributed by atoms with E-state index in [1.54, 1.807) is 11.6 Å². The summed E-state index contributed by atoms with van der Waals surface area (Å²) in [7, 11) is 1.75. The van der Waals surface area contributed by atoms with Crippen molar-refractivity contribution < 1.29 is 0 Å². The summed E-state index contributed by atoms with van der Waals surface area (Å²) in [5.74, 6) is 0. The lowest BCUT2D eigenvalue weighted by Gasteiger charge is -2.07. The number of rotatable bonds is 0. The summed E-state index contributed by atoms with van der Waals surface area (Å²) in [5, 5.41) is 1.48. The third-order valence-corrected chi connectivity index (χ3v) is 2.73. The van der Waals surface area contributed by atoms with E-state index in [9.17, 15) is 4.79 Å². The highest BCUT2D eigenvalue weighted by atomic mass is 35.5. The Hall–Kier alpha value is -1.28. The molecule has 14 heavy (non-hydrogen) atoms. The number of aryl methyl sites for hydroxylation is 2. The van der Waals surface area contributed by atoms with Crippen LogP contribution in [0.4, 0.5) is 0 Å². The van der Waals surface area contributed by atoms with Crippen molar-refractivity contribution >= 4 is 22.5 Å². The molecule has 2 nitrogen and oxygen atoms in total. The molecule has 2 aromatic rings. The van der Waals surface area contributed by atoms with E-state index in [-0.39, 0.29) is 5.56 Å². The summed E-state index contributed by atoms with van der Waals surface area (Å²) in [6, 6.07) is 7.26. The molecule has 72 valence electrons. The molecule has 0 saturated heterocycles. The fourth-order valence-electron chi connectivity index (χ4n) is 1.64. The van der Waals surface area contributed by atoms with Crippen LogP contribution in [0.3, 0.4) is 0 Å². The lowest BCUT2D eigenvalue weighted by atomic mass is 10.1. The fourth-order valence-corrected chi connectivity index (χ4v) is 1.98. The Labute approximate surface area is 86.7 Å². The lowest BCUT2D eigenvalue weighted by molar-refractivity contribution is 0.906. The Morgan fingerprint density at radius 2 is 2.07 bits per heavy atom. The highest BCUT2D eigenvalue weighted by Crippen LogP contribution is 2.24. The maximum Gasteiger partial charge on any atom is 0.252 e. The van der Waals surface area contributed by atoms with Gasteiger partial charge in [-0.15, -0.1) is 0 Å². The SMILES string of the molecule is Cc1cccc2c1c(Cl)cc(=O)n2C. The van der Waals surface area contributed by atoms with Crippen LogP contribution < -0.4 is 5.56 Å². The summed E-state index contributed by atoms with van der Waals surface area (Å²) in [6.07, 6.45) is 0. The van der Waals surface area contributed by atoms with E-state index in [0.717, 1.165) is 16.5 Å². The largest absolute Gasteiger partial charge is 0.311 e. The van der Waals surface area contributed by atoms with Crippen molar-refractivity contribution in [2.24, 2.45) is 7.05 Å². The number of aromatic nitrogens is 1. The number of halogens is 1. The average Bonchev–Trinajstić information content (AvgIpc) is 2.14. The molecule has 1 heterocycles. The van der Waals surface area contributed by atoms with Gasteiger partial charge in [-0.25, -0.2) is 0 Å². The molecule has 0 atom stereocenters. The third kappa shape index (κ3) is 1.23. The minimum Gasteiger partial charge on any atom is -0.311 e. The van der Waals surface area contributed by atoms with Crippen molar-refractivity contribution in [1.82, 2.24) is 4.57 Å². The summed E-state index contributed by atoms with van der Waals surface area (Å²) in [6.45, 7) is 1.98. The van der Waals surface area contributed by atoms with Gasteiger partial charge in [0.2, 0.25) is 0 Å². The predicted molar refractivity (Wildman–Crippen MR) is 58.9 cm³/mol. The first-order valence-corrected chi connectivity index (χ1v) is 4.74. The van der Waals surface area contributed by atoms with Gasteiger partial charge >= 0.3 is 0 Å². The zero-order valence-corrected chi connectivity index (χ0v) is 8.80. The fraction of sp³-hybridized carbons (Fsp3) is 0.182. The van der Waals surface area contributed by atoms with Gasteiger partial charge in [0.25, 0.3) is 5.56 Å². The maximum atomic E-state index is 11.4. The topological polar surface area (TPSA) is 22.0 Å². The monoisotopic (exact) mass is 207 g/mol. The van der Waals surface area contributed by atoms with E-state index in [1.165, 1.54) is 6.07 Å². The molecular weight excluding hydrogens is 198 g/mol. The molecule has 0 bridgehead atoms. The molecule has 1 aromatic heterocycles. The molecule has 3 heteroatoms. The predicted octanol–water partition coefficient (Wildman–Crippen LogP) is 2.50. The van der Waals surface area contributed by atoms with Crippen molar-refractivity contribution in [2.45, 2.75) is 6.92 Å². The van der Waals surface area contributed by atoms with E-state index in [2.05, 4.69) is 0 Å². The van der Waals surface area contributed by atoms with Crippen molar-refractivity contribution in [2.75, 3.05) is 0 Å². The second kappa shape index (κ2) is 3.14. The summed E-state index contributed by atoms with van der Waals surface area (Å²) < 4.78 is 1.61. The van der Waals surface area contributed by atoms with Crippen LogP contribution in [0.25, 0.3) is 10.9 Å². The van der Waals surface area contributed by atoms with Crippen LogP contribution in [0.15, 0.2) is 29.1 Å². The van der Waals surface area contributed by atoms with Gasteiger partial charge in [-0.3, -0.25) is 4.79 Å². The normalized spacial score (nSPS) is 10.8. The third-order valence-electron chi connectivity index (χ3n) is 2.43. The first-order valence-electron chi connectivity index (χ1n) is 4.36. The Morgan fingerprint density at radius 3 is 2.79 bits per heavy atom. The van der Waals surface area contributed by atoms with Gasteiger partial charge in [0, 0.05) is 18.5 Å². The molecule has 0 aliphatic rings. The number of pyridine rings is 1. The van der Waals surface area contributed by atoms with E-state index in [4.69, 9.17) is 11.6 Å². The van der Waals surface area contributed by atoms with E-state index in [0.29, 0.717) is 5.02 Å². The van der Waals surface area contributed by atoms with Crippen LogP contribution in [0.1, 0.15) is 5.56 Å². The van der Waals surface area contributed by atoms with Crippen LogP contribution in [0, 0.1) is 6.92 Å². The standard InChI is InChI=1S/C11H10ClNO/c1-7-4-3-5-9-11(7)8(12)6-10(14)13(9)2/h3-6H,1-2H3. The Bertz CT molecular complexity index is 557. The summed E-state index contributed by atoms with van der Waals surface area (Å²) >= 11 is 6.03. The molecule has 1 aromatic carbocycles. The summed E-state index contributed by atoms with van der Waals surface area (Å²) in [4.78, 5) is 11.4. The van der Waals surface area contributed by atoms with Crippen molar-refractivity contribution in [3.8, 4) is 0 Å². The van der Waals surface area contributed by atoms with Crippen molar-refractivity contribution in [3.63, 3.8) is 0 Å². The van der Waals surface area contributed by atoms with E-state index in [1.807, 2.05) is 25.1 Å². The first kappa shape index (κ1) is 9.28. The zero-order chi connectivity index (χ0) is 10.3. The molecule has 0 spiro atoms. The molecule has 0 saturated carbocycles. The minimum absolute atomic E-state index is 0.0758. The zero-order valence-electron chi connectivity index (χ0n) is 8.04. The number of benzene rings is 1. The molecule has 0 radical (unpaired) electrons. The van der Waals surface area contributed by atoms with Gasteiger partial charge in [-0.05, 0) is 18.6 Å². The number of hydrogen-bond acceptors (Lipinski definition) is 1. The highest BCUT2D eigenvalue weighted by Gasteiger charge is 2.05. The maximum absolute atomic E-state index is 11.4. The van der Waals surface area contributed by atoms with Crippen molar-refractivity contribution in [1.29, 1.82) is 0 Å². The van der Waals surface area contributed by atoms with Gasteiger partial charge in [-0.1, -0.05) is 23.7 Å². The van der Waals surface area contributed by atoms with Crippen LogP contribution in [-0.4, -0.2) is 4.57 Å². The highest BCUT2D eigenvalue weighted by molar-refractivity contribution is 6.35. The molecule has 0 unspecified atom stereocenters. The van der Waals surface area contributed by atoms with Gasteiger partial charge in [0.15, 0.2) is 0 Å². The van der Waals surface area contributed by atoms with Crippen LogP contribution in [0.5, 0.6) is 0 Å². The van der Waals surface area contributed by atoms with Crippen LogP contribution in [-0.2, 0) is 7.05 Å².